The smallest absolute Gasteiger partial charge is 0.0455 e. The number of rotatable bonds is 1. The van der Waals surface area contributed by atoms with Gasteiger partial charge < -0.3 is 4.57 Å². The van der Waals surface area contributed by atoms with Crippen LogP contribution in [0.4, 0.5) is 0 Å². The van der Waals surface area contributed by atoms with Crippen LogP contribution in [0.3, 0.4) is 0 Å². The summed E-state index contributed by atoms with van der Waals surface area (Å²) in [6, 6.07) is 11.0. The van der Waals surface area contributed by atoms with E-state index in [1.807, 2.05) is 0 Å². The van der Waals surface area contributed by atoms with Crippen molar-refractivity contribution in [1.82, 2.24) is 4.57 Å². The van der Waals surface area contributed by atoms with Crippen molar-refractivity contribution in [1.29, 1.82) is 0 Å². The molecule has 0 radical (unpaired) electrons. The third-order valence-electron chi connectivity index (χ3n) is 3.36. The lowest BCUT2D eigenvalue weighted by Crippen LogP contribution is -2.11. The van der Waals surface area contributed by atoms with Gasteiger partial charge in [-0.05, 0) is 59.0 Å². The molecule has 18 heavy (non-hydrogen) atoms. The molecule has 0 amide bonds. The number of hydrogen-bond donors (Lipinski definition) is 0. The molecule has 0 bridgehead atoms. The molecule has 2 aromatic rings. The number of hydrogen-bond acceptors (Lipinski definition) is 0. The van der Waals surface area contributed by atoms with Crippen molar-refractivity contribution in [2.24, 2.45) is 0 Å². The summed E-state index contributed by atoms with van der Waals surface area (Å²) in [6.45, 7) is 11.0. The van der Waals surface area contributed by atoms with E-state index < -0.39 is 0 Å². The Balaban J connectivity index is 2.47. The van der Waals surface area contributed by atoms with Crippen molar-refractivity contribution in [3.8, 4) is 5.69 Å². The van der Waals surface area contributed by atoms with E-state index in [0.717, 1.165) is 0 Å². The summed E-state index contributed by atoms with van der Waals surface area (Å²) < 4.78 is 3.44. The Morgan fingerprint density at radius 3 is 1.94 bits per heavy atom. The van der Waals surface area contributed by atoms with Gasteiger partial charge in [0.2, 0.25) is 0 Å². The molecule has 0 aliphatic heterocycles. The van der Waals surface area contributed by atoms with E-state index in [9.17, 15) is 0 Å². The van der Waals surface area contributed by atoms with Crippen molar-refractivity contribution in [2.45, 2.75) is 40.0 Å². The Morgan fingerprint density at radius 1 is 1.00 bits per heavy atom. The van der Waals surface area contributed by atoms with Gasteiger partial charge in [0.25, 0.3) is 0 Å². The van der Waals surface area contributed by atoms with E-state index in [2.05, 4.69) is 85.4 Å². The van der Waals surface area contributed by atoms with Gasteiger partial charge in [0.1, 0.15) is 0 Å². The maximum atomic E-state index is 3.59. The summed E-state index contributed by atoms with van der Waals surface area (Å²) >= 11 is 3.59. The van der Waals surface area contributed by atoms with E-state index >= 15 is 0 Å². The van der Waals surface area contributed by atoms with Gasteiger partial charge in [-0.2, -0.15) is 0 Å². The second kappa shape index (κ2) is 4.58. The van der Waals surface area contributed by atoms with Crippen molar-refractivity contribution in [2.75, 3.05) is 0 Å². The first-order valence-electron chi connectivity index (χ1n) is 6.26. The molecule has 0 atom stereocenters. The van der Waals surface area contributed by atoms with Gasteiger partial charge in [0, 0.05) is 21.5 Å². The fraction of sp³-hybridized carbons (Fsp3) is 0.375. The minimum absolute atomic E-state index is 0.208. The summed E-state index contributed by atoms with van der Waals surface area (Å²) in [5.41, 5.74) is 5.30. The zero-order valence-corrected chi connectivity index (χ0v) is 13.3. The van der Waals surface area contributed by atoms with Gasteiger partial charge >= 0.3 is 0 Å². The van der Waals surface area contributed by atoms with Crippen LogP contribution in [0.1, 0.15) is 37.7 Å². The van der Waals surface area contributed by atoms with E-state index in [1.165, 1.54) is 27.1 Å². The zero-order chi connectivity index (χ0) is 13.5. The predicted molar refractivity (Wildman–Crippen MR) is 81.6 cm³/mol. The standard InChI is InChI=1S/C16H20BrN/c1-11-10-15(17)12(2)18(11)14-8-6-13(7-9-14)16(3,4)5/h6-10H,1-5H3. The van der Waals surface area contributed by atoms with Crippen LogP contribution in [0.5, 0.6) is 0 Å². The fourth-order valence-electron chi connectivity index (χ4n) is 2.23. The normalized spacial score (nSPS) is 11.9. The summed E-state index contributed by atoms with van der Waals surface area (Å²) in [7, 11) is 0. The molecule has 1 aromatic carbocycles. The molecule has 2 heteroatoms. The minimum atomic E-state index is 0.208. The van der Waals surface area contributed by atoms with Crippen LogP contribution in [-0.4, -0.2) is 4.57 Å². The summed E-state index contributed by atoms with van der Waals surface area (Å²) in [6.07, 6.45) is 0. The monoisotopic (exact) mass is 305 g/mol. The van der Waals surface area contributed by atoms with Crippen LogP contribution >= 0.6 is 15.9 Å². The lowest BCUT2D eigenvalue weighted by atomic mass is 9.87. The van der Waals surface area contributed by atoms with E-state index in [4.69, 9.17) is 0 Å². The van der Waals surface area contributed by atoms with E-state index in [1.54, 1.807) is 0 Å². The Labute approximate surface area is 118 Å². The number of halogens is 1. The van der Waals surface area contributed by atoms with Crippen LogP contribution in [0.2, 0.25) is 0 Å². The Bertz CT molecular complexity index is 556. The molecule has 1 nitrogen and oxygen atoms in total. The van der Waals surface area contributed by atoms with Crippen LogP contribution in [0.25, 0.3) is 5.69 Å². The second-order valence-electron chi connectivity index (χ2n) is 5.85. The second-order valence-corrected chi connectivity index (χ2v) is 6.71. The topological polar surface area (TPSA) is 4.93 Å². The average molecular weight is 306 g/mol. The van der Waals surface area contributed by atoms with Gasteiger partial charge in [-0.25, -0.2) is 0 Å². The first-order chi connectivity index (χ1) is 8.30. The maximum absolute atomic E-state index is 3.59. The van der Waals surface area contributed by atoms with Crippen molar-refractivity contribution >= 4 is 15.9 Å². The third-order valence-corrected chi connectivity index (χ3v) is 4.16. The van der Waals surface area contributed by atoms with Crippen LogP contribution in [-0.2, 0) is 5.41 Å². The molecule has 0 N–H and O–H groups in total. The Hall–Kier alpha value is -1.02. The van der Waals surface area contributed by atoms with Gasteiger partial charge in [-0.15, -0.1) is 0 Å². The number of aryl methyl sites for hydroxylation is 1. The summed E-state index contributed by atoms with van der Waals surface area (Å²) in [5, 5.41) is 0. The lowest BCUT2D eigenvalue weighted by Gasteiger charge is -2.19. The van der Waals surface area contributed by atoms with E-state index in [0.29, 0.717) is 0 Å². The number of nitrogens with zero attached hydrogens (tertiary/aromatic N) is 1. The van der Waals surface area contributed by atoms with Gasteiger partial charge in [0.15, 0.2) is 0 Å². The largest absolute Gasteiger partial charge is 0.317 e. The predicted octanol–water partition coefficient (Wildman–Crippen LogP) is 5.15. The molecule has 0 unspecified atom stereocenters. The fourth-order valence-corrected chi connectivity index (χ4v) is 2.74. The van der Waals surface area contributed by atoms with Crippen LogP contribution in [0.15, 0.2) is 34.8 Å². The Kier molecular flexibility index (Phi) is 3.41. The highest BCUT2D eigenvalue weighted by Crippen LogP contribution is 2.27. The van der Waals surface area contributed by atoms with Crippen molar-refractivity contribution in [3.63, 3.8) is 0 Å². The first kappa shape index (κ1) is 13.4. The maximum Gasteiger partial charge on any atom is 0.0455 e. The molecule has 96 valence electrons. The molecule has 1 heterocycles. The van der Waals surface area contributed by atoms with Gasteiger partial charge in [-0.3, -0.25) is 0 Å². The molecule has 0 aliphatic carbocycles. The minimum Gasteiger partial charge on any atom is -0.317 e. The van der Waals surface area contributed by atoms with Crippen molar-refractivity contribution < 1.29 is 0 Å². The third kappa shape index (κ3) is 2.39. The van der Waals surface area contributed by atoms with Gasteiger partial charge in [-0.1, -0.05) is 32.9 Å². The summed E-state index contributed by atoms with van der Waals surface area (Å²) in [4.78, 5) is 0. The highest BCUT2D eigenvalue weighted by molar-refractivity contribution is 9.10. The number of aromatic nitrogens is 1. The lowest BCUT2D eigenvalue weighted by molar-refractivity contribution is 0.590. The van der Waals surface area contributed by atoms with Crippen LogP contribution < -0.4 is 0 Å². The molecule has 2 rings (SSSR count). The highest BCUT2D eigenvalue weighted by atomic mass is 79.9. The number of benzene rings is 1. The highest BCUT2D eigenvalue weighted by Gasteiger charge is 2.14. The average Bonchev–Trinajstić information content (AvgIpc) is 2.52. The molecule has 0 saturated heterocycles. The molecule has 0 saturated carbocycles. The van der Waals surface area contributed by atoms with Crippen molar-refractivity contribution in [3.05, 3.63) is 51.8 Å². The molecular weight excluding hydrogens is 286 g/mol. The molecule has 0 fully saturated rings. The summed E-state index contributed by atoms with van der Waals surface area (Å²) in [5.74, 6) is 0. The quantitative estimate of drug-likeness (QED) is 0.686. The molecule has 1 aromatic heterocycles. The molecule has 0 aliphatic rings. The molecule has 0 spiro atoms. The SMILES string of the molecule is Cc1cc(Br)c(C)n1-c1ccc(C(C)(C)C)cc1. The van der Waals surface area contributed by atoms with Crippen LogP contribution in [0, 0.1) is 13.8 Å². The Morgan fingerprint density at radius 2 is 1.56 bits per heavy atom. The zero-order valence-electron chi connectivity index (χ0n) is 11.7. The van der Waals surface area contributed by atoms with E-state index in [-0.39, 0.29) is 5.41 Å². The van der Waals surface area contributed by atoms with Gasteiger partial charge in [0.05, 0.1) is 0 Å². The molecular formula is C16H20BrN. The first-order valence-corrected chi connectivity index (χ1v) is 7.05.